The molecule has 1 N–H and O–H groups in total. The molecule has 0 bridgehead atoms. The summed E-state index contributed by atoms with van der Waals surface area (Å²) < 4.78 is 0. The SMILES string of the molecule is C/C(=C\[C@H](C(C)C)N(C)C(=O)CNC=O)C(=O)N1CCC1. The van der Waals surface area contributed by atoms with Gasteiger partial charge in [0, 0.05) is 25.7 Å². The number of carbonyl (C=O) groups is 3. The Balaban J connectivity index is 2.77. The third-order valence-electron chi connectivity index (χ3n) is 3.76. The Labute approximate surface area is 126 Å². The first-order chi connectivity index (χ1) is 9.88. The van der Waals surface area contributed by atoms with Gasteiger partial charge in [-0.25, -0.2) is 0 Å². The Hall–Kier alpha value is -1.85. The summed E-state index contributed by atoms with van der Waals surface area (Å²) in [5, 5.41) is 2.37. The first-order valence-corrected chi connectivity index (χ1v) is 7.28. The summed E-state index contributed by atoms with van der Waals surface area (Å²) >= 11 is 0. The molecule has 1 rings (SSSR count). The van der Waals surface area contributed by atoms with Crippen molar-refractivity contribution in [2.75, 3.05) is 26.7 Å². The van der Waals surface area contributed by atoms with Crippen LogP contribution in [0.2, 0.25) is 0 Å². The van der Waals surface area contributed by atoms with E-state index in [0.29, 0.717) is 12.0 Å². The van der Waals surface area contributed by atoms with Gasteiger partial charge in [0.25, 0.3) is 0 Å². The van der Waals surface area contributed by atoms with E-state index < -0.39 is 0 Å². The second-order valence-corrected chi connectivity index (χ2v) is 5.73. The molecule has 6 heteroatoms. The summed E-state index contributed by atoms with van der Waals surface area (Å²) in [4.78, 5) is 37.8. The van der Waals surface area contributed by atoms with Crippen molar-refractivity contribution in [3.63, 3.8) is 0 Å². The molecule has 6 nitrogen and oxygen atoms in total. The molecule has 1 heterocycles. The highest BCUT2D eigenvalue weighted by Crippen LogP contribution is 2.16. The first kappa shape index (κ1) is 17.2. The Morgan fingerprint density at radius 1 is 1.33 bits per heavy atom. The van der Waals surface area contributed by atoms with Crippen LogP contribution < -0.4 is 5.32 Å². The van der Waals surface area contributed by atoms with Crippen LogP contribution in [0, 0.1) is 5.92 Å². The minimum absolute atomic E-state index is 0.0316. The van der Waals surface area contributed by atoms with Gasteiger partial charge in [-0.15, -0.1) is 0 Å². The number of rotatable bonds is 7. The smallest absolute Gasteiger partial charge is 0.249 e. The monoisotopic (exact) mass is 295 g/mol. The van der Waals surface area contributed by atoms with Crippen molar-refractivity contribution in [3.05, 3.63) is 11.6 Å². The lowest BCUT2D eigenvalue weighted by atomic mass is 9.99. The lowest BCUT2D eigenvalue weighted by molar-refractivity contribution is -0.132. The maximum absolute atomic E-state index is 12.1. The molecule has 1 aliphatic rings. The second-order valence-electron chi connectivity index (χ2n) is 5.73. The minimum atomic E-state index is -0.179. The molecular formula is C15H25N3O3. The molecule has 0 aromatic heterocycles. The highest BCUT2D eigenvalue weighted by atomic mass is 16.2. The maximum Gasteiger partial charge on any atom is 0.249 e. The van der Waals surface area contributed by atoms with Gasteiger partial charge in [-0.2, -0.15) is 0 Å². The summed E-state index contributed by atoms with van der Waals surface area (Å²) in [5.74, 6) is 0.0364. The number of nitrogens with one attached hydrogen (secondary N) is 1. The minimum Gasteiger partial charge on any atom is -0.350 e. The van der Waals surface area contributed by atoms with Crippen LogP contribution >= 0.6 is 0 Å². The summed E-state index contributed by atoms with van der Waals surface area (Å²) in [6.07, 6.45) is 3.41. The molecule has 0 aromatic rings. The van der Waals surface area contributed by atoms with Crippen molar-refractivity contribution in [2.24, 2.45) is 5.92 Å². The fourth-order valence-electron chi connectivity index (χ4n) is 2.27. The van der Waals surface area contributed by atoms with Crippen LogP contribution in [0.5, 0.6) is 0 Å². The van der Waals surface area contributed by atoms with Crippen LogP contribution in [0.1, 0.15) is 27.2 Å². The zero-order valence-electron chi connectivity index (χ0n) is 13.3. The zero-order chi connectivity index (χ0) is 16.0. The summed E-state index contributed by atoms with van der Waals surface area (Å²) in [5.41, 5.74) is 0.663. The number of likely N-dealkylation sites (N-methyl/N-ethyl adjacent to an activating group) is 1. The first-order valence-electron chi connectivity index (χ1n) is 7.28. The number of nitrogens with zero attached hydrogens (tertiary/aromatic N) is 2. The average molecular weight is 295 g/mol. The predicted molar refractivity (Wildman–Crippen MR) is 80.4 cm³/mol. The Morgan fingerprint density at radius 3 is 2.38 bits per heavy atom. The van der Waals surface area contributed by atoms with Gasteiger partial charge < -0.3 is 15.1 Å². The average Bonchev–Trinajstić information content (AvgIpc) is 2.38. The Bertz CT molecular complexity index is 428. The fraction of sp³-hybridized carbons (Fsp3) is 0.667. The predicted octanol–water partition coefficient (Wildman–Crippen LogP) is 0.394. The number of hydrogen-bond donors (Lipinski definition) is 1. The highest BCUT2D eigenvalue weighted by molar-refractivity contribution is 5.93. The molecule has 21 heavy (non-hydrogen) atoms. The normalized spacial score (nSPS) is 16.2. The highest BCUT2D eigenvalue weighted by Gasteiger charge is 2.25. The van der Waals surface area contributed by atoms with Gasteiger partial charge in [0.15, 0.2) is 0 Å². The van der Waals surface area contributed by atoms with Gasteiger partial charge >= 0.3 is 0 Å². The molecule has 1 atom stereocenters. The van der Waals surface area contributed by atoms with E-state index in [1.54, 1.807) is 23.8 Å². The van der Waals surface area contributed by atoms with Gasteiger partial charge in [0.2, 0.25) is 18.2 Å². The van der Waals surface area contributed by atoms with Crippen LogP contribution in [-0.4, -0.2) is 60.7 Å². The topological polar surface area (TPSA) is 69.7 Å². The molecule has 1 aliphatic heterocycles. The lowest BCUT2D eigenvalue weighted by Crippen LogP contribution is -2.45. The van der Waals surface area contributed by atoms with Crippen LogP contribution in [0.4, 0.5) is 0 Å². The third kappa shape index (κ3) is 4.58. The fourth-order valence-corrected chi connectivity index (χ4v) is 2.27. The maximum atomic E-state index is 12.1. The quantitative estimate of drug-likeness (QED) is 0.546. The van der Waals surface area contributed by atoms with Crippen molar-refractivity contribution < 1.29 is 14.4 Å². The van der Waals surface area contributed by atoms with Gasteiger partial charge in [-0.3, -0.25) is 14.4 Å². The summed E-state index contributed by atoms with van der Waals surface area (Å²) in [6, 6.07) is -0.170. The number of hydrogen-bond acceptors (Lipinski definition) is 3. The number of likely N-dealkylation sites (tertiary alicyclic amines) is 1. The summed E-state index contributed by atoms with van der Waals surface area (Å²) in [7, 11) is 1.69. The van der Waals surface area contributed by atoms with Crippen molar-refractivity contribution in [3.8, 4) is 0 Å². The molecule has 0 spiro atoms. The third-order valence-corrected chi connectivity index (χ3v) is 3.76. The molecule has 0 aliphatic carbocycles. The van der Waals surface area contributed by atoms with E-state index in [-0.39, 0.29) is 30.3 Å². The van der Waals surface area contributed by atoms with Gasteiger partial charge in [-0.1, -0.05) is 19.9 Å². The largest absolute Gasteiger partial charge is 0.350 e. The molecule has 0 saturated carbocycles. The Morgan fingerprint density at radius 2 is 1.95 bits per heavy atom. The van der Waals surface area contributed by atoms with Crippen molar-refractivity contribution in [2.45, 2.75) is 33.2 Å². The van der Waals surface area contributed by atoms with Gasteiger partial charge in [0.1, 0.15) is 0 Å². The zero-order valence-corrected chi connectivity index (χ0v) is 13.3. The van der Waals surface area contributed by atoms with Crippen LogP contribution in [0.25, 0.3) is 0 Å². The molecular weight excluding hydrogens is 270 g/mol. The molecule has 1 fully saturated rings. The molecule has 0 aromatic carbocycles. The molecule has 118 valence electrons. The lowest BCUT2D eigenvalue weighted by Gasteiger charge is -2.33. The number of carbonyl (C=O) groups excluding carboxylic acids is 3. The molecule has 1 saturated heterocycles. The van der Waals surface area contributed by atoms with E-state index in [1.165, 1.54) is 0 Å². The van der Waals surface area contributed by atoms with Crippen molar-refractivity contribution in [1.82, 2.24) is 15.1 Å². The Kier molecular flexibility index (Phi) is 6.39. The van der Waals surface area contributed by atoms with E-state index >= 15 is 0 Å². The van der Waals surface area contributed by atoms with E-state index in [4.69, 9.17) is 0 Å². The van der Waals surface area contributed by atoms with Crippen LogP contribution in [0.3, 0.4) is 0 Å². The van der Waals surface area contributed by atoms with Crippen LogP contribution in [0.15, 0.2) is 11.6 Å². The van der Waals surface area contributed by atoms with E-state index in [1.807, 2.05) is 19.9 Å². The molecule has 3 amide bonds. The van der Waals surface area contributed by atoms with E-state index in [2.05, 4.69) is 5.32 Å². The standard InChI is InChI=1S/C15H25N3O3/c1-11(2)13(17(4)14(20)9-16-10-19)8-12(3)15(21)18-6-5-7-18/h8,10-11,13H,5-7,9H2,1-4H3,(H,16,19)/b12-8+/t13-/m1/s1. The molecule has 0 unspecified atom stereocenters. The van der Waals surface area contributed by atoms with E-state index in [9.17, 15) is 14.4 Å². The summed E-state index contributed by atoms with van der Waals surface area (Å²) in [6.45, 7) is 7.38. The van der Waals surface area contributed by atoms with Crippen molar-refractivity contribution in [1.29, 1.82) is 0 Å². The molecule has 0 radical (unpaired) electrons. The van der Waals surface area contributed by atoms with Crippen LogP contribution in [-0.2, 0) is 14.4 Å². The van der Waals surface area contributed by atoms with Crippen molar-refractivity contribution >= 4 is 18.2 Å². The second kappa shape index (κ2) is 7.81. The number of amides is 3. The van der Waals surface area contributed by atoms with E-state index in [0.717, 1.165) is 19.5 Å². The van der Waals surface area contributed by atoms with Gasteiger partial charge in [0.05, 0.1) is 12.6 Å². The van der Waals surface area contributed by atoms with Gasteiger partial charge in [-0.05, 0) is 19.3 Å².